The highest BCUT2D eigenvalue weighted by Crippen LogP contribution is 2.33. The van der Waals surface area contributed by atoms with Gasteiger partial charge in [0.25, 0.3) is 5.89 Å². The number of benzene rings is 2. The van der Waals surface area contributed by atoms with E-state index in [-0.39, 0.29) is 12.6 Å². The molecule has 0 saturated heterocycles. The molecule has 1 unspecified atom stereocenters. The summed E-state index contributed by atoms with van der Waals surface area (Å²) in [4.78, 5) is 11.6. The zero-order valence-corrected chi connectivity index (χ0v) is 20.7. The molecular formula is C26H29N5O3S. The number of aryl methyl sites for hydroxylation is 1. The van der Waals surface area contributed by atoms with Crippen molar-refractivity contribution in [1.29, 1.82) is 0 Å². The fraction of sp³-hybridized carbons (Fsp3) is 0.308. The van der Waals surface area contributed by atoms with Crippen LogP contribution in [0.3, 0.4) is 0 Å². The molecule has 9 heteroatoms. The van der Waals surface area contributed by atoms with E-state index in [0.29, 0.717) is 46.8 Å². The molecule has 0 aliphatic heterocycles. The van der Waals surface area contributed by atoms with Gasteiger partial charge in [-0.2, -0.15) is 0 Å². The molecule has 8 nitrogen and oxygen atoms in total. The fourth-order valence-electron chi connectivity index (χ4n) is 4.48. The van der Waals surface area contributed by atoms with Gasteiger partial charge in [-0.1, -0.05) is 30.3 Å². The van der Waals surface area contributed by atoms with Gasteiger partial charge in [0.1, 0.15) is 5.69 Å². The Labute approximate surface area is 206 Å². The first-order chi connectivity index (χ1) is 16.8. The summed E-state index contributed by atoms with van der Waals surface area (Å²) in [6, 6.07) is 16.7. The predicted octanol–water partition coefficient (Wildman–Crippen LogP) is 4.67. The van der Waals surface area contributed by atoms with Crippen LogP contribution in [0.2, 0.25) is 0 Å². The molecule has 0 spiro atoms. The van der Waals surface area contributed by atoms with Gasteiger partial charge in [0.2, 0.25) is 5.89 Å². The lowest BCUT2D eigenvalue weighted by molar-refractivity contribution is 0.299. The highest BCUT2D eigenvalue weighted by molar-refractivity contribution is 7.92. The number of rotatable bonds is 6. The molecule has 2 heterocycles. The Hall–Kier alpha value is -3.43. The summed E-state index contributed by atoms with van der Waals surface area (Å²) < 4.78 is 32.2. The van der Waals surface area contributed by atoms with Crippen LogP contribution in [0.5, 0.6) is 0 Å². The molecular weight excluding hydrogens is 462 g/mol. The lowest BCUT2D eigenvalue weighted by Crippen LogP contribution is -2.27. The van der Waals surface area contributed by atoms with Crippen molar-refractivity contribution in [2.45, 2.75) is 42.4 Å². The largest absolute Gasteiger partial charge is 0.415 e. The van der Waals surface area contributed by atoms with Crippen molar-refractivity contribution in [3.8, 4) is 34.3 Å². The lowest BCUT2D eigenvalue weighted by Gasteiger charge is -2.19. The van der Waals surface area contributed by atoms with E-state index in [0.717, 1.165) is 17.5 Å². The van der Waals surface area contributed by atoms with Crippen molar-refractivity contribution in [2.75, 3.05) is 14.1 Å². The topological polar surface area (TPSA) is 102 Å². The molecule has 0 N–H and O–H groups in total. The number of hydrogen-bond donors (Lipinski definition) is 0. The van der Waals surface area contributed by atoms with E-state index in [2.05, 4.69) is 20.1 Å². The van der Waals surface area contributed by atoms with Crippen LogP contribution >= 0.6 is 0 Å². The number of hydrogen-bond acceptors (Lipinski definition) is 8. The molecule has 1 aliphatic rings. The summed E-state index contributed by atoms with van der Waals surface area (Å²) in [5.41, 5.74) is 3.34. The molecule has 1 fully saturated rings. The molecule has 1 aliphatic carbocycles. The van der Waals surface area contributed by atoms with Crippen molar-refractivity contribution in [2.24, 2.45) is 0 Å². The SMILES string of the molecule is Cc1ncc(-c2ccc(S(=O)(=O)C3CC[C@@H](N(C)C)C3)cc2)nc1-c1nnc(-c2ccccc2)o1.[HH]. The van der Waals surface area contributed by atoms with Crippen molar-refractivity contribution in [3.05, 3.63) is 66.5 Å². The van der Waals surface area contributed by atoms with E-state index in [1.165, 1.54) is 0 Å². The van der Waals surface area contributed by atoms with Gasteiger partial charge in [-0.3, -0.25) is 4.98 Å². The summed E-state index contributed by atoms with van der Waals surface area (Å²) in [5.74, 6) is 0.691. The van der Waals surface area contributed by atoms with E-state index in [9.17, 15) is 8.42 Å². The molecule has 0 amide bonds. The number of sulfone groups is 1. The van der Waals surface area contributed by atoms with Crippen LogP contribution in [0.15, 0.2) is 70.1 Å². The fourth-order valence-corrected chi connectivity index (χ4v) is 6.31. The van der Waals surface area contributed by atoms with Gasteiger partial charge in [0.15, 0.2) is 9.84 Å². The van der Waals surface area contributed by atoms with Crippen LogP contribution in [0.25, 0.3) is 34.3 Å². The third kappa shape index (κ3) is 4.61. The molecule has 4 aromatic rings. The zero-order chi connectivity index (χ0) is 24.6. The average molecular weight is 492 g/mol. The molecule has 2 aromatic carbocycles. The minimum Gasteiger partial charge on any atom is -0.415 e. The predicted molar refractivity (Wildman–Crippen MR) is 135 cm³/mol. The van der Waals surface area contributed by atoms with E-state index in [1.807, 2.05) is 51.4 Å². The molecule has 0 radical (unpaired) electrons. The minimum atomic E-state index is -3.38. The van der Waals surface area contributed by atoms with Crippen molar-refractivity contribution in [3.63, 3.8) is 0 Å². The average Bonchev–Trinajstić information content (AvgIpc) is 3.56. The first-order valence-electron chi connectivity index (χ1n) is 11.6. The Balaban J connectivity index is 0.00000304. The summed E-state index contributed by atoms with van der Waals surface area (Å²) in [6.45, 7) is 1.83. The minimum absolute atomic E-state index is 0. The Morgan fingerprint density at radius 1 is 0.943 bits per heavy atom. The van der Waals surface area contributed by atoms with Crippen LogP contribution in [-0.2, 0) is 9.84 Å². The highest BCUT2D eigenvalue weighted by atomic mass is 32.2. The third-order valence-corrected chi connectivity index (χ3v) is 8.84. The molecule has 5 rings (SSSR count). The van der Waals surface area contributed by atoms with E-state index in [4.69, 9.17) is 9.40 Å². The molecule has 2 aromatic heterocycles. The maximum absolute atomic E-state index is 13.2. The lowest BCUT2D eigenvalue weighted by atomic mass is 10.1. The van der Waals surface area contributed by atoms with Gasteiger partial charge in [-0.15, -0.1) is 10.2 Å². The van der Waals surface area contributed by atoms with Crippen molar-refractivity contribution < 1.29 is 14.3 Å². The van der Waals surface area contributed by atoms with Gasteiger partial charge in [-0.05, 0) is 64.5 Å². The Morgan fingerprint density at radius 3 is 2.34 bits per heavy atom. The van der Waals surface area contributed by atoms with Gasteiger partial charge >= 0.3 is 0 Å². The Morgan fingerprint density at radius 2 is 1.66 bits per heavy atom. The van der Waals surface area contributed by atoms with Gasteiger partial charge in [0, 0.05) is 18.6 Å². The summed E-state index contributed by atoms with van der Waals surface area (Å²) in [7, 11) is 0.623. The summed E-state index contributed by atoms with van der Waals surface area (Å²) in [5, 5.41) is 7.97. The zero-order valence-electron chi connectivity index (χ0n) is 19.9. The monoisotopic (exact) mass is 491 g/mol. The van der Waals surface area contributed by atoms with E-state index < -0.39 is 9.84 Å². The van der Waals surface area contributed by atoms with Gasteiger partial charge < -0.3 is 9.32 Å². The van der Waals surface area contributed by atoms with Gasteiger partial charge in [0.05, 0.1) is 27.7 Å². The number of nitrogens with zero attached hydrogens (tertiary/aromatic N) is 5. The van der Waals surface area contributed by atoms with Crippen LogP contribution in [0.4, 0.5) is 0 Å². The van der Waals surface area contributed by atoms with Crippen LogP contribution in [0.1, 0.15) is 26.4 Å². The quantitative estimate of drug-likeness (QED) is 0.383. The van der Waals surface area contributed by atoms with Crippen molar-refractivity contribution >= 4 is 9.84 Å². The second kappa shape index (κ2) is 9.31. The van der Waals surface area contributed by atoms with Crippen molar-refractivity contribution in [1.82, 2.24) is 25.1 Å². The molecule has 2 atom stereocenters. The van der Waals surface area contributed by atoms with Gasteiger partial charge in [-0.25, -0.2) is 13.4 Å². The first kappa shape index (κ1) is 23.3. The molecule has 0 bridgehead atoms. The summed E-state index contributed by atoms with van der Waals surface area (Å²) >= 11 is 0. The molecule has 35 heavy (non-hydrogen) atoms. The molecule has 1 saturated carbocycles. The van der Waals surface area contributed by atoms with Crippen LogP contribution < -0.4 is 0 Å². The van der Waals surface area contributed by atoms with Crippen LogP contribution in [-0.4, -0.2) is 58.9 Å². The maximum atomic E-state index is 13.2. The van der Waals surface area contributed by atoms with E-state index in [1.54, 1.807) is 30.5 Å². The Kier molecular flexibility index (Phi) is 6.21. The second-order valence-corrected chi connectivity index (χ2v) is 11.3. The second-order valence-electron chi connectivity index (χ2n) is 9.09. The standard InChI is InChI=1S/C26H27N5O3S.H2/c1-17-24(26-30-29-25(34-26)19-7-5-4-6-8-19)28-23(16-27-17)18-9-12-21(13-10-18)35(32,33)22-14-11-20(15-22)31(2)3;/h4-10,12-13,16,20,22H,11,14-15H2,1-3H3;1H/t20-,22?;/m1./s1. The normalized spacial score (nSPS) is 18.3. The Bertz CT molecular complexity index is 1440. The van der Waals surface area contributed by atoms with Crippen LogP contribution in [0, 0.1) is 6.92 Å². The highest BCUT2D eigenvalue weighted by Gasteiger charge is 2.36. The van der Waals surface area contributed by atoms with E-state index >= 15 is 0 Å². The summed E-state index contributed by atoms with van der Waals surface area (Å²) in [6.07, 6.45) is 3.92. The molecule has 182 valence electrons. The maximum Gasteiger partial charge on any atom is 0.268 e. The number of aromatic nitrogens is 4. The third-order valence-electron chi connectivity index (χ3n) is 6.61. The first-order valence-corrected chi connectivity index (χ1v) is 13.1. The smallest absolute Gasteiger partial charge is 0.268 e.